The Kier molecular flexibility index (Phi) is 10.3. The molecule has 3 heterocycles. The van der Waals surface area contributed by atoms with Crippen molar-refractivity contribution in [3.05, 3.63) is 270 Å². The summed E-state index contributed by atoms with van der Waals surface area (Å²) in [6.07, 6.45) is 2.21. The van der Waals surface area contributed by atoms with Crippen molar-refractivity contribution in [2.75, 3.05) is 0 Å². The molecule has 1 aliphatic rings. The topological polar surface area (TPSA) is 66.6 Å². The molecule has 11 aromatic rings. The second-order valence-corrected chi connectivity index (χ2v) is 17.0. The van der Waals surface area contributed by atoms with Crippen LogP contribution < -0.4 is 5.32 Å². The van der Waals surface area contributed by atoms with Gasteiger partial charge in [-0.05, 0) is 70.3 Å². The van der Waals surface area contributed by atoms with Gasteiger partial charge in [-0.1, -0.05) is 206 Å². The van der Waals surface area contributed by atoms with E-state index in [1.54, 1.807) is 0 Å². The molecular formula is C63H43N5. The Bertz CT molecular complexity index is 3690. The number of hydrogen-bond donors (Lipinski definition) is 2. The zero-order valence-electron chi connectivity index (χ0n) is 37.0. The van der Waals surface area contributed by atoms with Gasteiger partial charge in [0.25, 0.3) is 0 Å². The fraction of sp³-hybridized carbons (Fsp3) is 0. The molecule has 0 spiro atoms. The van der Waals surface area contributed by atoms with Crippen LogP contribution in [0.4, 0.5) is 0 Å². The van der Waals surface area contributed by atoms with Gasteiger partial charge in [0.2, 0.25) is 0 Å². The summed E-state index contributed by atoms with van der Waals surface area (Å²) in [7, 11) is 0. The first-order valence-electron chi connectivity index (χ1n) is 22.9. The summed E-state index contributed by atoms with van der Waals surface area (Å²) in [5.41, 5.74) is 18.3. The molecule has 320 valence electrons. The van der Waals surface area contributed by atoms with Crippen molar-refractivity contribution in [2.24, 2.45) is 0 Å². The molecule has 0 fully saturated rings. The Morgan fingerprint density at radius 3 is 1.60 bits per heavy atom. The van der Waals surface area contributed by atoms with Crippen LogP contribution in [0.25, 0.3) is 95.6 Å². The van der Waals surface area contributed by atoms with E-state index in [0.29, 0.717) is 11.5 Å². The standard InChI is InChI=1S/C63H43N5/c64-61(46-24-11-4-12-25-46)60(45-22-9-3-10-23-45)62-54-39-48(36-37-49(54)40-55(65-62)43-18-5-1-6-19-43)42-32-34-47(35-33-42)63-66-56(44-20-7-2-8-21-44)41-57(67-63)50-26-17-27-51(38-50)68-58-30-15-13-28-52(58)53-29-14-16-31-59(53)68/h1-41,64-65H/b62-60-,64-61?. The first-order valence-corrected chi connectivity index (χ1v) is 22.9. The number of nitrogens with zero attached hydrogens (tertiary/aromatic N) is 3. The highest BCUT2D eigenvalue weighted by Crippen LogP contribution is 2.39. The average Bonchev–Trinajstić information content (AvgIpc) is 3.76. The van der Waals surface area contributed by atoms with Gasteiger partial charge >= 0.3 is 0 Å². The largest absolute Gasteiger partial charge is 0.354 e. The van der Waals surface area contributed by atoms with Crippen molar-refractivity contribution >= 4 is 50.6 Å². The minimum absolute atomic E-state index is 0.449. The van der Waals surface area contributed by atoms with Gasteiger partial charge in [0.05, 0.1) is 33.8 Å². The molecule has 0 saturated carbocycles. The summed E-state index contributed by atoms with van der Waals surface area (Å²) >= 11 is 0. The van der Waals surface area contributed by atoms with Gasteiger partial charge in [-0.3, -0.25) is 5.41 Å². The number of rotatable bonds is 9. The summed E-state index contributed by atoms with van der Waals surface area (Å²) in [5.74, 6) is 0.653. The van der Waals surface area contributed by atoms with E-state index in [4.69, 9.17) is 9.97 Å². The number of benzene rings is 9. The number of aromatic nitrogens is 3. The monoisotopic (exact) mass is 869 g/mol. The highest BCUT2D eigenvalue weighted by atomic mass is 15.0. The third kappa shape index (κ3) is 7.48. The third-order valence-corrected chi connectivity index (χ3v) is 12.8. The van der Waals surface area contributed by atoms with Crippen LogP contribution in [0.15, 0.2) is 243 Å². The third-order valence-electron chi connectivity index (χ3n) is 12.8. The Morgan fingerprint density at radius 2 is 0.941 bits per heavy atom. The van der Waals surface area contributed by atoms with Crippen molar-refractivity contribution in [1.82, 2.24) is 19.9 Å². The Balaban J connectivity index is 0.957. The molecule has 0 bridgehead atoms. The number of fused-ring (bicyclic) bond motifs is 4. The number of para-hydroxylation sites is 2. The molecule has 5 nitrogen and oxygen atoms in total. The minimum atomic E-state index is 0.449. The van der Waals surface area contributed by atoms with E-state index in [2.05, 4.69) is 198 Å². The van der Waals surface area contributed by atoms with Crippen LogP contribution in [0, 0.1) is 5.41 Å². The SMILES string of the molecule is N=C(/C(=C1\NC(c2ccccc2)=Cc2ccc(-c3ccc(-c4nc(-c5ccccc5)cc(-c5cccc(-n6c7ccccc7c7ccccc76)c5)n4)cc3)cc21)c1ccccc1)c1ccccc1. The fourth-order valence-corrected chi connectivity index (χ4v) is 9.51. The first kappa shape index (κ1) is 40.3. The highest BCUT2D eigenvalue weighted by Gasteiger charge is 2.25. The highest BCUT2D eigenvalue weighted by molar-refractivity contribution is 6.36. The normalized spacial score (nSPS) is 12.9. The van der Waals surface area contributed by atoms with Gasteiger partial charge in [-0.2, -0.15) is 0 Å². The van der Waals surface area contributed by atoms with Crippen molar-refractivity contribution in [3.63, 3.8) is 0 Å². The Hall–Kier alpha value is -9.19. The number of nitrogens with one attached hydrogen (secondary N) is 2. The summed E-state index contributed by atoms with van der Waals surface area (Å²) in [5, 5.41) is 16.0. The summed E-state index contributed by atoms with van der Waals surface area (Å²) in [6, 6.07) is 84.2. The molecule has 0 atom stereocenters. The van der Waals surface area contributed by atoms with E-state index in [-0.39, 0.29) is 0 Å². The molecule has 0 aliphatic carbocycles. The smallest absolute Gasteiger partial charge is 0.160 e. The molecule has 2 N–H and O–H groups in total. The lowest BCUT2D eigenvalue weighted by molar-refractivity contribution is 1.16. The van der Waals surface area contributed by atoms with E-state index in [0.717, 1.165) is 89.7 Å². The van der Waals surface area contributed by atoms with Crippen LogP contribution in [0.5, 0.6) is 0 Å². The van der Waals surface area contributed by atoms with Crippen LogP contribution >= 0.6 is 0 Å². The molecule has 2 aromatic heterocycles. The van der Waals surface area contributed by atoms with E-state index in [1.807, 2.05) is 60.7 Å². The molecule has 5 heteroatoms. The maximum absolute atomic E-state index is 9.71. The zero-order valence-corrected chi connectivity index (χ0v) is 37.0. The van der Waals surface area contributed by atoms with Gasteiger partial charge in [-0.15, -0.1) is 0 Å². The average molecular weight is 870 g/mol. The summed E-state index contributed by atoms with van der Waals surface area (Å²) < 4.78 is 2.34. The molecule has 0 unspecified atom stereocenters. The second kappa shape index (κ2) is 17.3. The van der Waals surface area contributed by atoms with Crippen LogP contribution in [-0.4, -0.2) is 20.2 Å². The Morgan fingerprint density at radius 1 is 0.412 bits per heavy atom. The van der Waals surface area contributed by atoms with Gasteiger partial charge in [0.1, 0.15) is 0 Å². The van der Waals surface area contributed by atoms with Gasteiger partial charge in [0, 0.05) is 55.5 Å². The molecule has 12 rings (SSSR count). The van der Waals surface area contributed by atoms with Crippen LogP contribution in [0.3, 0.4) is 0 Å². The molecule has 0 radical (unpaired) electrons. The van der Waals surface area contributed by atoms with Gasteiger partial charge in [0.15, 0.2) is 5.82 Å². The summed E-state index contributed by atoms with van der Waals surface area (Å²) in [6.45, 7) is 0. The molecule has 0 amide bonds. The molecule has 1 aliphatic heterocycles. The maximum Gasteiger partial charge on any atom is 0.160 e. The van der Waals surface area contributed by atoms with Crippen LogP contribution in [0.2, 0.25) is 0 Å². The van der Waals surface area contributed by atoms with E-state index in [1.165, 1.54) is 21.8 Å². The van der Waals surface area contributed by atoms with Crippen LogP contribution in [-0.2, 0) is 0 Å². The van der Waals surface area contributed by atoms with Gasteiger partial charge < -0.3 is 9.88 Å². The van der Waals surface area contributed by atoms with Gasteiger partial charge in [-0.25, -0.2) is 9.97 Å². The predicted octanol–water partition coefficient (Wildman–Crippen LogP) is 15.3. The quantitative estimate of drug-likeness (QED) is 0.142. The van der Waals surface area contributed by atoms with Crippen LogP contribution in [0.1, 0.15) is 27.8 Å². The molecule has 68 heavy (non-hydrogen) atoms. The predicted molar refractivity (Wildman–Crippen MR) is 282 cm³/mol. The van der Waals surface area contributed by atoms with Crippen molar-refractivity contribution in [3.8, 4) is 50.7 Å². The minimum Gasteiger partial charge on any atom is -0.354 e. The lowest BCUT2D eigenvalue weighted by Crippen LogP contribution is -2.20. The second-order valence-electron chi connectivity index (χ2n) is 17.0. The first-order chi connectivity index (χ1) is 33.6. The van der Waals surface area contributed by atoms with Crippen molar-refractivity contribution in [1.29, 1.82) is 5.41 Å². The number of hydrogen-bond acceptors (Lipinski definition) is 4. The molecular weight excluding hydrogens is 827 g/mol. The van der Waals surface area contributed by atoms with E-state index >= 15 is 0 Å². The van der Waals surface area contributed by atoms with E-state index in [9.17, 15) is 5.41 Å². The van der Waals surface area contributed by atoms with Crippen molar-refractivity contribution in [2.45, 2.75) is 0 Å². The molecule has 0 saturated heterocycles. The zero-order chi connectivity index (χ0) is 45.4. The maximum atomic E-state index is 9.71. The number of allylic oxidation sites excluding steroid dienone is 1. The van der Waals surface area contributed by atoms with E-state index < -0.39 is 0 Å². The summed E-state index contributed by atoms with van der Waals surface area (Å²) in [4.78, 5) is 10.5. The Labute approximate surface area is 395 Å². The lowest BCUT2D eigenvalue weighted by atomic mass is 9.86. The van der Waals surface area contributed by atoms with Crippen molar-refractivity contribution < 1.29 is 0 Å². The molecule has 9 aromatic carbocycles. The lowest BCUT2D eigenvalue weighted by Gasteiger charge is -2.27. The fourth-order valence-electron chi connectivity index (χ4n) is 9.51.